The van der Waals surface area contributed by atoms with Gasteiger partial charge in [0.05, 0.1) is 11.5 Å². The van der Waals surface area contributed by atoms with Gasteiger partial charge in [-0.2, -0.15) is 0 Å². The molecule has 1 atom stereocenters. The van der Waals surface area contributed by atoms with Crippen molar-refractivity contribution < 1.29 is 14.5 Å². The fourth-order valence-electron chi connectivity index (χ4n) is 3.57. The lowest BCUT2D eigenvalue weighted by molar-refractivity contribution is -0.384. The molecule has 164 valence electrons. The summed E-state index contributed by atoms with van der Waals surface area (Å²) in [5, 5.41) is 14.2. The van der Waals surface area contributed by atoms with Gasteiger partial charge in [0.15, 0.2) is 5.96 Å². The van der Waals surface area contributed by atoms with Gasteiger partial charge >= 0.3 is 0 Å². The van der Waals surface area contributed by atoms with Crippen LogP contribution in [-0.2, 0) is 16.1 Å². The highest BCUT2D eigenvalue weighted by atomic mass is 16.6. The second kappa shape index (κ2) is 10.4. The number of benzene rings is 1. The number of aliphatic imine (C=N–C) groups is 1. The van der Waals surface area contributed by atoms with Crippen LogP contribution in [0.1, 0.15) is 32.3 Å². The van der Waals surface area contributed by atoms with Crippen LogP contribution in [0.4, 0.5) is 5.69 Å². The monoisotopic (exact) mass is 417 g/mol. The second-order valence-corrected chi connectivity index (χ2v) is 8.15. The van der Waals surface area contributed by atoms with Crippen LogP contribution < -0.4 is 5.32 Å². The molecule has 0 radical (unpaired) electrons. The molecule has 1 N–H and O–H groups in total. The number of hydrogen-bond acceptors (Lipinski definition) is 5. The number of guanidine groups is 1. The average molecular weight is 418 g/mol. The Morgan fingerprint density at radius 3 is 2.47 bits per heavy atom. The lowest BCUT2D eigenvalue weighted by Gasteiger charge is -2.37. The van der Waals surface area contributed by atoms with E-state index in [9.17, 15) is 14.9 Å². The van der Waals surface area contributed by atoms with Gasteiger partial charge in [-0.1, -0.05) is 26.0 Å². The van der Waals surface area contributed by atoms with Crippen molar-refractivity contribution in [1.29, 1.82) is 0 Å². The van der Waals surface area contributed by atoms with Crippen molar-refractivity contribution in [2.75, 3.05) is 39.3 Å². The van der Waals surface area contributed by atoms with E-state index in [4.69, 9.17) is 9.73 Å². The summed E-state index contributed by atoms with van der Waals surface area (Å²) in [7, 11) is 0. The standard InChI is InChI=1S/C21H31N5O4/c1-16(2)14-22-21(23-15-17-5-7-18(8-6-17)26(28)29)25-11-9-24(10-12-25)20(27)19-4-3-13-30-19/h5-8,16,19H,3-4,9-15H2,1-2H3,(H,22,23). The molecule has 0 saturated carbocycles. The lowest BCUT2D eigenvalue weighted by atomic mass is 10.2. The van der Waals surface area contributed by atoms with Gasteiger partial charge in [0.1, 0.15) is 6.10 Å². The van der Waals surface area contributed by atoms with Gasteiger partial charge in [0.25, 0.3) is 11.6 Å². The first kappa shape index (κ1) is 22.0. The highest BCUT2D eigenvalue weighted by Gasteiger charge is 2.31. The summed E-state index contributed by atoms with van der Waals surface area (Å²) >= 11 is 0. The van der Waals surface area contributed by atoms with Crippen molar-refractivity contribution in [3.8, 4) is 0 Å². The molecule has 9 nitrogen and oxygen atoms in total. The first-order valence-electron chi connectivity index (χ1n) is 10.6. The van der Waals surface area contributed by atoms with E-state index in [1.807, 2.05) is 4.90 Å². The van der Waals surface area contributed by atoms with E-state index in [0.717, 1.165) is 30.9 Å². The number of nitro benzene ring substituents is 1. The van der Waals surface area contributed by atoms with Crippen LogP contribution in [0.15, 0.2) is 29.3 Å². The molecule has 0 spiro atoms. The molecule has 2 aliphatic heterocycles. The largest absolute Gasteiger partial charge is 0.368 e. The van der Waals surface area contributed by atoms with Crippen LogP contribution in [0, 0.1) is 16.0 Å². The number of ether oxygens (including phenoxy) is 1. The molecule has 2 aliphatic rings. The third-order valence-corrected chi connectivity index (χ3v) is 5.32. The van der Waals surface area contributed by atoms with Crippen molar-refractivity contribution in [3.63, 3.8) is 0 Å². The smallest absolute Gasteiger partial charge is 0.269 e. The number of nitrogens with zero attached hydrogens (tertiary/aromatic N) is 4. The molecule has 1 aromatic rings. The summed E-state index contributed by atoms with van der Waals surface area (Å²) < 4.78 is 5.53. The predicted molar refractivity (Wildman–Crippen MR) is 114 cm³/mol. The van der Waals surface area contributed by atoms with E-state index in [0.29, 0.717) is 45.2 Å². The fraction of sp³-hybridized carbons (Fsp3) is 0.619. The third kappa shape index (κ3) is 5.91. The first-order valence-corrected chi connectivity index (χ1v) is 10.6. The van der Waals surface area contributed by atoms with Crippen LogP contribution in [0.25, 0.3) is 0 Å². The summed E-state index contributed by atoms with van der Waals surface area (Å²) in [5.74, 6) is 1.38. The van der Waals surface area contributed by atoms with E-state index in [1.165, 1.54) is 12.1 Å². The third-order valence-electron chi connectivity index (χ3n) is 5.32. The topological polar surface area (TPSA) is 100 Å². The zero-order valence-corrected chi connectivity index (χ0v) is 17.7. The molecule has 3 rings (SSSR count). The van der Waals surface area contributed by atoms with Crippen LogP contribution in [-0.4, -0.2) is 72.0 Å². The summed E-state index contributed by atoms with van der Waals surface area (Å²) in [6, 6.07) is 6.48. The molecule has 2 fully saturated rings. The van der Waals surface area contributed by atoms with Crippen molar-refractivity contribution >= 4 is 17.6 Å². The second-order valence-electron chi connectivity index (χ2n) is 8.15. The summed E-state index contributed by atoms with van der Waals surface area (Å²) in [5.41, 5.74) is 0.990. The molecule has 0 bridgehead atoms. The number of hydrogen-bond donors (Lipinski definition) is 1. The number of carbonyl (C=O) groups is 1. The Morgan fingerprint density at radius 2 is 1.90 bits per heavy atom. The van der Waals surface area contributed by atoms with E-state index < -0.39 is 4.92 Å². The Balaban J connectivity index is 1.61. The molecular weight excluding hydrogens is 386 g/mol. The van der Waals surface area contributed by atoms with Gasteiger partial charge in [-0.25, -0.2) is 4.99 Å². The Labute approximate surface area is 177 Å². The van der Waals surface area contributed by atoms with Gasteiger partial charge in [-0.15, -0.1) is 0 Å². The Kier molecular flexibility index (Phi) is 7.62. The number of rotatable bonds is 6. The highest BCUT2D eigenvalue weighted by molar-refractivity contribution is 5.83. The summed E-state index contributed by atoms with van der Waals surface area (Å²) in [6.07, 6.45) is 1.50. The van der Waals surface area contributed by atoms with Gasteiger partial charge in [0, 0.05) is 51.5 Å². The highest BCUT2D eigenvalue weighted by Crippen LogP contribution is 2.16. The number of piperazine rings is 1. The van der Waals surface area contributed by atoms with Crippen LogP contribution in [0.3, 0.4) is 0 Å². The van der Waals surface area contributed by atoms with Crippen molar-refractivity contribution in [3.05, 3.63) is 39.9 Å². The SMILES string of the molecule is CC(C)CNC(=NCc1ccc([N+](=O)[O-])cc1)N1CCN(C(=O)C2CCCO2)CC1. The number of nitro groups is 1. The van der Waals surface area contributed by atoms with Gasteiger partial charge in [-0.3, -0.25) is 14.9 Å². The van der Waals surface area contributed by atoms with Crippen molar-refractivity contribution in [2.24, 2.45) is 10.9 Å². The Bertz CT molecular complexity index is 751. The molecule has 2 saturated heterocycles. The number of amides is 1. The number of carbonyl (C=O) groups excluding carboxylic acids is 1. The van der Waals surface area contributed by atoms with Gasteiger partial charge in [0.2, 0.25) is 0 Å². The van der Waals surface area contributed by atoms with Crippen LogP contribution in [0.5, 0.6) is 0 Å². The van der Waals surface area contributed by atoms with Crippen molar-refractivity contribution in [1.82, 2.24) is 15.1 Å². The maximum absolute atomic E-state index is 12.6. The van der Waals surface area contributed by atoms with E-state index >= 15 is 0 Å². The number of nitrogens with one attached hydrogen (secondary N) is 1. The maximum Gasteiger partial charge on any atom is 0.269 e. The molecule has 30 heavy (non-hydrogen) atoms. The van der Waals surface area contributed by atoms with E-state index in [2.05, 4.69) is 24.1 Å². The maximum atomic E-state index is 12.6. The molecular formula is C21H31N5O4. The quantitative estimate of drug-likeness (QED) is 0.329. The Hall–Kier alpha value is -2.68. The minimum absolute atomic E-state index is 0.0768. The summed E-state index contributed by atoms with van der Waals surface area (Å²) in [6.45, 7) is 8.91. The molecule has 0 aliphatic carbocycles. The molecule has 1 unspecified atom stereocenters. The molecule has 1 aromatic carbocycles. The van der Waals surface area contributed by atoms with Gasteiger partial charge in [-0.05, 0) is 24.3 Å². The lowest BCUT2D eigenvalue weighted by Crippen LogP contribution is -2.55. The van der Waals surface area contributed by atoms with Gasteiger partial charge < -0.3 is 19.9 Å². The minimum atomic E-state index is -0.403. The zero-order valence-electron chi connectivity index (χ0n) is 17.7. The predicted octanol–water partition coefficient (Wildman–Crippen LogP) is 2.02. The average Bonchev–Trinajstić information content (AvgIpc) is 3.28. The first-order chi connectivity index (χ1) is 14.4. The van der Waals surface area contributed by atoms with Crippen molar-refractivity contribution in [2.45, 2.75) is 39.3 Å². The van der Waals surface area contributed by atoms with Crippen LogP contribution in [0.2, 0.25) is 0 Å². The number of non-ortho nitro benzene ring substituents is 1. The Morgan fingerprint density at radius 1 is 1.23 bits per heavy atom. The van der Waals surface area contributed by atoms with E-state index in [1.54, 1.807) is 12.1 Å². The molecule has 9 heteroatoms. The molecule has 0 aromatic heterocycles. The zero-order chi connectivity index (χ0) is 21.5. The minimum Gasteiger partial charge on any atom is -0.368 e. The fourth-order valence-corrected chi connectivity index (χ4v) is 3.57. The molecule has 1 amide bonds. The van der Waals surface area contributed by atoms with Crippen LogP contribution >= 0.6 is 0 Å². The normalized spacial score (nSPS) is 20.0. The summed E-state index contributed by atoms with van der Waals surface area (Å²) in [4.78, 5) is 31.8. The van der Waals surface area contributed by atoms with E-state index in [-0.39, 0.29) is 17.7 Å². The molecule has 2 heterocycles.